The van der Waals surface area contributed by atoms with Crippen LogP contribution in [-0.4, -0.2) is 31.1 Å². The summed E-state index contributed by atoms with van der Waals surface area (Å²) < 4.78 is 0. The first-order valence-electron chi connectivity index (χ1n) is 5.14. The highest BCUT2D eigenvalue weighted by molar-refractivity contribution is 5.30. The van der Waals surface area contributed by atoms with E-state index < -0.39 is 0 Å². The summed E-state index contributed by atoms with van der Waals surface area (Å²) in [6.07, 6.45) is 14.7. The van der Waals surface area contributed by atoms with Crippen LogP contribution in [0.25, 0.3) is 0 Å². The van der Waals surface area contributed by atoms with Gasteiger partial charge in [-0.1, -0.05) is 30.4 Å². The van der Waals surface area contributed by atoms with Gasteiger partial charge >= 0.3 is 0 Å². The third-order valence-electron chi connectivity index (χ3n) is 2.46. The molecule has 0 radical (unpaired) electrons. The molecule has 0 aromatic rings. The first kappa shape index (κ1) is 9.28. The minimum atomic E-state index is 1.09. The molecular weight excluding hydrogens is 172 g/mol. The van der Waals surface area contributed by atoms with Crippen LogP contribution in [0.4, 0.5) is 0 Å². The Bertz CT molecular complexity index is 291. The van der Waals surface area contributed by atoms with Crippen molar-refractivity contribution in [2.45, 2.75) is 0 Å². The maximum absolute atomic E-state index is 3.36. The van der Waals surface area contributed by atoms with Crippen LogP contribution in [0.15, 0.2) is 48.2 Å². The molecule has 0 atom stereocenters. The van der Waals surface area contributed by atoms with Crippen molar-refractivity contribution in [1.82, 2.24) is 10.2 Å². The van der Waals surface area contributed by atoms with E-state index in [2.05, 4.69) is 46.7 Å². The number of nitrogens with one attached hydrogen (secondary N) is 1. The van der Waals surface area contributed by atoms with Crippen molar-refractivity contribution >= 4 is 0 Å². The lowest BCUT2D eigenvalue weighted by atomic mass is 10.2. The van der Waals surface area contributed by atoms with Crippen molar-refractivity contribution in [3.8, 4) is 0 Å². The fourth-order valence-electron chi connectivity index (χ4n) is 1.69. The van der Waals surface area contributed by atoms with E-state index in [0.29, 0.717) is 0 Å². The van der Waals surface area contributed by atoms with Crippen molar-refractivity contribution in [2.24, 2.45) is 0 Å². The van der Waals surface area contributed by atoms with E-state index in [4.69, 9.17) is 0 Å². The second kappa shape index (κ2) is 4.82. The molecule has 14 heavy (non-hydrogen) atoms. The number of nitrogens with zero attached hydrogens (tertiary/aromatic N) is 1. The van der Waals surface area contributed by atoms with Crippen molar-refractivity contribution < 1.29 is 0 Å². The normalized spacial score (nSPS) is 32.3. The minimum Gasteiger partial charge on any atom is -0.369 e. The fraction of sp³-hybridized carbons (Fsp3) is 0.333. The first-order valence-corrected chi connectivity index (χ1v) is 5.14. The zero-order chi connectivity index (χ0) is 9.64. The van der Waals surface area contributed by atoms with E-state index >= 15 is 0 Å². The quantitative estimate of drug-likeness (QED) is 0.670. The summed E-state index contributed by atoms with van der Waals surface area (Å²) in [4.78, 5) is 2.41. The minimum absolute atomic E-state index is 1.09. The van der Waals surface area contributed by atoms with Gasteiger partial charge in [0.15, 0.2) is 0 Å². The Hall–Kier alpha value is -1.28. The van der Waals surface area contributed by atoms with E-state index in [1.165, 1.54) is 5.70 Å². The van der Waals surface area contributed by atoms with Gasteiger partial charge in [-0.05, 0) is 12.2 Å². The lowest BCUT2D eigenvalue weighted by Gasteiger charge is -2.30. The second-order valence-corrected chi connectivity index (χ2v) is 3.46. The van der Waals surface area contributed by atoms with Crippen LogP contribution in [0.3, 0.4) is 0 Å². The summed E-state index contributed by atoms with van der Waals surface area (Å²) in [6.45, 7) is 4.39. The highest BCUT2D eigenvalue weighted by Crippen LogP contribution is 2.09. The number of piperazine rings is 1. The highest BCUT2D eigenvalue weighted by Gasteiger charge is 2.09. The van der Waals surface area contributed by atoms with Gasteiger partial charge in [0.25, 0.3) is 0 Å². The summed E-state index contributed by atoms with van der Waals surface area (Å²) in [5.74, 6) is 0. The predicted molar refractivity (Wildman–Crippen MR) is 59.9 cm³/mol. The van der Waals surface area contributed by atoms with Gasteiger partial charge in [-0.2, -0.15) is 0 Å². The topological polar surface area (TPSA) is 15.3 Å². The molecule has 74 valence electrons. The summed E-state index contributed by atoms with van der Waals surface area (Å²) in [6, 6.07) is 0. The van der Waals surface area contributed by atoms with Crippen LogP contribution in [0.2, 0.25) is 0 Å². The Morgan fingerprint density at radius 2 is 1.64 bits per heavy atom. The molecule has 1 aliphatic heterocycles. The van der Waals surface area contributed by atoms with E-state index in [-0.39, 0.29) is 0 Å². The number of allylic oxidation sites excluding steroid dienone is 7. The van der Waals surface area contributed by atoms with Crippen LogP contribution in [-0.2, 0) is 0 Å². The summed E-state index contributed by atoms with van der Waals surface area (Å²) in [5.41, 5.74) is 1.31. The first-order chi connectivity index (χ1) is 6.97. The Morgan fingerprint density at radius 3 is 2.50 bits per heavy atom. The molecule has 0 spiro atoms. The van der Waals surface area contributed by atoms with Crippen LogP contribution in [0, 0.1) is 0 Å². The molecule has 2 nitrogen and oxygen atoms in total. The largest absolute Gasteiger partial charge is 0.369 e. The predicted octanol–water partition coefficient (Wildman–Crippen LogP) is 1.46. The molecule has 1 fully saturated rings. The molecule has 0 aromatic carbocycles. The number of rotatable bonds is 1. The van der Waals surface area contributed by atoms with Gasteiger partial charge in [-0.15, -0.1) is 0 Å². The lowest BCUT2D eigenvalue weighted by Crippen LogP contribution is -2.42. The van der Waals surface area contributed by atoms with Crippen LogP contribution in [0.5, 0.6) is 0 Å². The van der Waals surface area contributed by atoms with Gasteiger partial charge in [0.2, 0.25) is 0 Å². The second-order valence-electron chi connectivity index (χ2n) is 3.46. The Labute approximate surface area is 85.3 Å². The van der Waals surface area contributed by atoms with Gasteiger partial charge in [0, 0.05) is 31.9 Å². The maximum atomic E-state index is 3.36. The monoisotopic (exact) mass is 188 g/mol. The van der Waals surface area contributed by atoms with Crippen molar-refractivity contribution in [3.63, 3.8) is 0 Å². The third kappa shape index (κ3) is 2.36. The van der Waals surface area contributed by atoms with Gasteiger partial charge < -0.3 is 10.2 Å². The molecule has 1 saturated heterocycles. The molecular formula is C12H16N2. The molecule has 2 heteroatoms. The van der Waals surface area contributed by atoms with Crippen molar-refractivity contribution in [3.05, 3.63) is 48.2 Å². The molecule has 0 saturated carbocycles. The van der Waals surface area contributed by atoms with E-state index in [9.17, 15) is 0 Å². The molecule has 0 amide bonds. The molecule has 0 unspecified atom stereocenters. The molecule has 2 rings (SSSR count). The zero-order valence-corrected chi connectivity index (χ0v) is 8.32. The SMILES string of the molecule is C1=C\C=C/C(N2CCNCC2)=C\C=C/1. The van der Waals surface area contributed by atoms with E-state index in [1.807, 2.05) is 6.08 Å². The van der Waals surface area contributed by atoms with Gasteiger partial charge in [0.1, 0.15) is 0 Å². The standard InChI is InChI=1S/C12H16N2/c1-2-4-6-12(7-5-3-1)14-10-8-13-9-11-14/h1-7,13H,8-11H2/b2-1-,3-1?,4-2?,5-3-,6-4-,7-5?,12-6?,12-7+. The van der Waals surface area contributed by atoms with Crippen LogP contribution >= 0.6 is 0 Å². The van der Waals surface area contributed by atoms with Gasteiger partial charge in [0.05, 0.1) is 0 Å². The fourth-order valence-corrected chi connectivity index (χ4v) is 1.69. The smallest absolute Gasteiger partial charge is 0.0367 e. The van der Waals surface area contributed by atoms with Crippen LogP contribution in [0.1, 0.15) is 0 Å². The highest BCUT2D eigenvalue weighted by atomic mass is 15.2. The molecule has 0 aromatic heterocycles. The molecule has 0 bridgehead atoms. The summed E-state index contributed by atoms with van der Waals surface area (Å²) in [7, 11) is 0. The Morgan fingerprint density at radius 1 is 0.929 bits per heavy atom. The zero-order valence-electron chi connectivity index (χ0n) is 8.32. The third-order valence-corrected chi connectivity index (χ3v) is 2.46. The van der Waals surface area contributed by atoms with E-state index in [0.717, 1.165) is 26.2 Å². The number of hydrogen-bond donors (Lipinski definition) is 1. The summed E-state index contributed by atoms with van der Waals surface area (Å²) in [5, 5.41) is 3.36. The average Bonchev–Trinajstić information content (AvgIpc) is 2.18. The van der Waals surface area contributed by atoms with E-state index in [1.54, 1.807) is 0 Å². The van der Waals surface area contributed by atoms with Crippen molar-refractivity contribution in [2.75, 3.05) is 26.2 Å². The number of hydrogen-bond acceptors (Lipinski definition) is 2. The molecule has 1 N–H and O–H groups in total. The van der Waals surface area contributed by atoms with Gasteiger partial charge in [-0.25, -0.2) is 0 Å². The molecule has 2 aliphatic rings. The lowest BCUT2D eigenvalue weighted by molar-refractivity contribution is 0.307. The van der Waals surface area contributed by atoms with Crippen molar-refractivity contribution in [1.29, 1.82) is 0 Å². The average molecular weight is 188 g/mol. The Kier molecular flexibility index (Phi) is 3.19. The van der Waals surface area contributed by atoms with Gasteiger partial charge in [-0.3, -0.25) is 0 Å². The summed E-state index contributed by atoms with van der Waals surface area (Å²) >= 11 is 0. The maximum Gasteiger partial charge on any atom is 0.0367 e. The Balaban J connectivity index is 2.07. The molecule has 1 aliphatic carbocycles. The molecule has 1 heterocycles. The van der Waals surface area contributed by atoms with Crippen LogP contribution < -0.4 is 5.32 Å².